The fraction of sp³-hybridized carbons (Fsp3) is 0.706. The van der Waals surface area contributed by atoms with Crippen LogP contribution in [0.3, 0.4) is 0 Å². The molecule has 2 aliphatic heterocycles. The van der Waals surface area contributed by atoms with Crippen molar-refractivity contribution in [2.24, 2.45) is 5.92 Å². The van der Waals surface area contributed by atoms with Gasteiger partial charge in [0.05, 0.1) is 0 Å². The minimum Gasteiger partial charge on any atom is -0.354 e. The van der Waals surface area contributed by atoms with E-state index in [0.29, 0.717) is 5.69 Å². The number of piperidine rings is 1. The Labute approximate surface area is 138 Å². The van der Waals surface area contributed by atoms with Crippen LogP contribution < -0.4 is 4.90 Å². The highest BCUT2D eigenvalue weighted by Gasteiger charge is 2.24. The Balaban J connectivity index is 1.66. The lowest BCUT2D eigenvalue weighted by molar-refractivity contribution is 0.0691. The zero-order valence-corrected chi connectivity index (χ0v) is 14.2. The van der Waals surface area contributed by atoms with Crippen LogP contribution in [0.4, 0.5) is 5.82 Å². The van der Waals surface area contributed by atoms with Gasteiger partial charge in [-0.05, 0) is 25.3 Å². The molecule has 2 aliphatic rings. The molecule has 2 saturated heterocycles. The molecule has 6 heteroatoms. The average molecular weight is 317 g/mol. The molecule has 6 nitrogen and oxygen atoms in total. The molecule has 0 atom stereocenters. The third-order valence-electron chi connectivity index (χ3n) is 5.09. The standard InChI is InChI=1S/C17H27N5O/c1-3-20-8-10-21(11-9-20)16-12-15(18-13-19-16)17(23)22-6-4-14(2)5-7-22/h12-14H,3-11H2,1-2H3. The van der Waals surface area contributed by atoms with E-state index in [1.807, 2.05) is 11.0 Å². The molecule has 0 aromatic carbocycles. The third-order valence-corrected chi connectivity index (χ3v) is 5.09. The fourth-order valence-corrected chi connectivity index (χ4v) is 3.30. The number of likely N-dealkylation sites (N-methyl/N-ethyl adjacent to an activating group) is 1. The van der Waals surface area contributed by atoms with Crippen LogP contribution in [-0.2, 0) is 0 Å². The average Bonchev–Trinajstić information content (AvgIpc) is 2.62. The fourth-order valence-electron chi connectivity index (χ4n) is 3.30. The normalized spacial score (nSPS) is 20.8. The number of rotatable bonds is 3. The summed E-state index contributed by atoms with van der Waals surface area (Å²) >= 11 is 0. The number of aromatic nitrogens is 2. The number of carbonyl (C=O) groups is 1. The molecule has 3 rings (SSSR count). The molecule has 0 spiro atoms. The molecule has 0 aliphatic carbocycles. The van der Waals surface area contributed by atoms with E-state index in [2.05, 4.69) is 33.6 Å². The van der Waals surface area contributed by atoms with E-state index in [1.54, 1.807) is 0 Å². The van der Waals surface area contributed by atoms with E-state index in [-0.39, 0.29) is 5.91 Å². The summed E-state index contributed by atoms with van der Waals surface area (Å²) in [4.78, 5) is 27.9. The zero-order chi connectivity index (χ0) is 16.2. The van der Waals surface area contributed by atoms with Crippen molar-refractivity contribution in [3.8, 4) is 0 Å². The lowest BCUT2D eigenvalue weighted by Crippen LogP contribution is -2.46. The Morgan fingerprint density at radius 2 is 1.83 bits per heavy atom. The molecule has 0 saturated carbocycles. The molecule has 0 radical (unpaired) electrons. The summed E-state index contributed by atoms with van der Waals surface area (Å²) in [5.41, 5.74) is 0.530. The maximum atomic E-state index is 12.6. The van der Waals surface area contributed by atoms with Crippen molar-refractivity contribution >= 4 is 11.7 Å². The van der Waals surface area contributed by atoms with Crippen molar-refractivity contribution in [2.45, 2.75) is 26.7 Å². The van der Waals surface area contributed by atoms with Gasteiger partial charge in [-0.25, -0.2) is 9.97 Å². The highest BCUT2D eigenvalue weighted by atomic mass is 16.2. The van der Waals surface area contributed by atoms with Gasteiger partial charge in [-0.3, -0.25) is 4.79 Å². The summed E-state index contributed by atoms with van der Waals surface area (Å²) in [7, 11) is 0. The first-order valence-corrected chi connectivity index (χ1v) is 8.76. The Morgan fingerprint density at radius 3 is 2.48 bits per heavy atom. The largest absolute Gasteiger partial charge is 0.354 e. The molecule has 1 aromatic heterocycles. The molecule has 0 bridgehead atoms. The summed E-state index contributed by atoms with van der Waals surface area (Å²) in [6, 6.07) is 1.86. The first kappa shape index (κ1) is 16.2. The van der Waals surface area contributed by atoms with Crippen LogP contribution in [0.25, 0.3) is 0 Å². The maximum Gasteiger partial charge on any atom is 0.272 e. The van der Waals surface area contributed by atoms with Crippen molar-refractivity contribution in [2.75, 3.05) is 50.7 Å². The van der Waals surface area contributed by atoms with Gasteiger partial charge in [-0.1, -0.05) is 13.8 Å². The number of piperazine rings is 1. The molecule has 2 fully saturated rings. The number of carbonyl (C=O) groups excluding carboxylic acids is 1. The van der Waals surface area contributed by atoms with Crippen LogP contribution in [0.2, 0.25) is 0 Å². The zero-order valence-electron chi connectivity index (χ0n) is 14.2. The van der Waals surface area contributed by atoms with E-state index < -0.39 is 0 Å². The lowest BCUT2D eigenvalue weighted by atomic mass is 9.99. The molecule has 0 N–H and O–H groups in total. The molecule has 3 heterocycles. The van der Waals surface area contributed by atoms with Crippen molar-refractivity contribution < 1.29 is 4.79 Å². The minimum atomic E-state index is 0.0488. The van der Waals surface area contributed by atoms with Crippen LogP contribution in [0.5, 0.6) is 0 Å². The van der Waals surface area contributed by atoms with E-state index in [9.17, 15) is 4.79 Å². The van der Waals surface area contributed by atoms with Crippen molar-refractivity contribution in [3.05, 3.63) is 18.1 Å². The van der Waals surface area contributed by atoms with Gasteiger partial charge in [0.15, 0.2) is 0 Å². The van der Waals surface area contributed by atoms with Crippen molar-refractivity contribution in [1.29, 1.82) is 0 Å². The maximum absolute atomic E-state index is 12.6. The van der Waals surface area contributed by atoms with Crippen LogP contribution in [-0.4, -0.2) is 71.5 Å². The number of anilines is 1. The van der Waals surface area contributed by atoms with Gasteiger partial charge >= 0.3 is 0 Å². The van der Waals surface area contributed by atoms with Gasteiger partial charge in [-0.15, -0.1) is 0 Å². The molecule has 23 heavy (non-hydrogen) atoms. The quantitative estimate of drug-likeness (QED) is 0.845. The number of hydrogen-bond donors (Lipinski definition) is 0. The molecule has 0 unspecified atom stereocenters. The summed E-state index contributed by atoms with van der Waals surface area (Å²) in [6.45, 7) is 11.2. The minimum absolute atomic E-state index is 0.0488. The Hall–Kier alpha value is -1.69. The Kier molecular flexibility index (Phi) is 5.10. The van der Waals surface area contributed by atoms with Gasteiger partial charge < -0.3 is 14.7 Å². The predicted molar refractivity (Wildman–Crippen MR) is 90.7 cm³/mol. The van der Waals surface area contributed by atoms with Gasteiger partial charge in [-0.2, -0.15) is 0 Å². The number of hydrogen-bond acceptors (Lipinski definition) is 5. The summed E-state index contributed by atoms with van der Waals surface area (Å²) < 4.78 is 0. The van der Waals surface area contributed by atoms with Gasteiger partial charge in [0.2, 0.25) is 0 Å². The van der Waals surface area contributed by atoms with Gasteiger partial charge in [0.25, 0.3) is 5.91 Å². The highest BCUT2D eigenvalue weighted by molar-refractivity contribution is 5.93. The van der Waals surface area contributed by atoms with Crippen LogP contribution in [0.1, 0.15) is 37.2 Å². The molecular formula is C17H27N5O. The first-order valence-electron chi connectivity index (χ1n) is 8.76. The highest BCUT2D eigenvalue weighted by Crippen LogP contribution is 2.19. The van der Waals surface area contributed by atoms with Crippen LogP contribution in [0, 0.1) is 5.92 Å². The smallest absolute Gasteiger partial charge is 0.272 e. The molecule has 126 valence electrons. The van der Waals surface area contributed by atoms with Gasteiger partial charge in [0.1, 0.15) is 17.8 Å². The topological polar surface area (TPSA) is 52.6 Å². The van der Waals surface area contributed by atoms with Crippen LogP contribution in [0.15, 0.2) is 12.4 Å². The van der Waals surface area contributed by atoms with Crippen LogP contribution >= 0.6 is 0 Å². The summed E-state index contributed by atoms with van der Waals surface area (Å²) in [5, 5.41) is 0. The Bertz CT molecular complexity index is 534. The number of amides is 1. The summed E-state index contributed by atoms with van der Waals surface area (Å²) in [5.74, 6) is 1.65. The number of nitrogens with zero attached hydrogens (tertiary/aromatic N) is 5. The molecule has 1 amide bonds. The number of likely N-dealkylation sites (tertiary alicyclic amines) is 1. The Morgan fingerprint density at radius 1 is 1.13 bits per heavy atom. The second kappa shape index (κ2) is 7.25. The molecule has 1 aromatic rings. The van der Waals surface area contributed by atoms with Crippen molar-refractivity contribution in [1.82, 2.24) is 19.8 Å². The van der Waals surface area contributed by atoms with E-state index in [0.717, 1.165) is 70.4 Å². The first-order chi connectivity index (χ1) is 11.2. The second-order valence-corrected chi connectivity index (χ2v) is 6.66. The summed E-state index contributed by atoms with van der Waals surface area (Å²) in [6.07, 6.45) is 3.70. The second-order valence-electron chi connectivity index (χ2n) is 6.66. The van der Waals surface area contributed by atoms with E-state index in [1.165, 1.54) is 6.33 Å². The third kappa shape index (κ3) is 3.80. The van der Waals surface area contributed by atoms with Gasteiger partial charge in [0, 0.05) is 45.3 Å². The van der Waals surface area contributed by atoms with Crippen molar-refractivity contribution in [3.63, 3.8) is 0 Å². The lowest BCUT2D eigenvalue weighted by Gasteiger charge is -2.35. The van der Waals surface area contributed by atoms with E-state index in [4.69, 9.17) is 0 Å². The monoisotopic (exact) mass is 317 g/mol. The SMILES string of the molecule is CCN1CCN(c2cc(C(=O)N3CCC(C)CC3)ncn2)CC1. The predicted octanol–water partition coefficient (Wildman–Crippen LogP) is 1.49. The van der Waals surface area contributed by atoms with E-state index >= 15 is 0 Å². The molecular weight excluding hydrogens is 290 g/mol.